The van der Waals surface area contributed by atoms with Gasteiger partial charge in [-0.15, -0.1) is 0 Å². The van der Waals surface area contributed by atoms with Gasteiger partial charge in [0, 0.05) is 5.54 Å². The second kappa shape index (κ2) is 4.54. The van der Waals surface area contributed by atoms with Crippen LogP contribution in [0.1, 0.15) is 97.8 Å². The molecule has 8 bridgehead atoms. The predicted octanol–water partition coefficient (Wildman–Crippen LogP) is 5.46. The van der Waals surface area contributed by atoms with Gasteiger partial charge in [0.25, 0.3) is 0 Å². The topological polar surface area (TPSA) is 29.1 Å². The smallest absolute Gasteiger partial charge is 0.226 e. The fraction of sp³-hybridized carbons (Fsp3) is 0.958. The van der Waals surface area contributed by atoms with Crippen LogP contribution >= 0.6 is 0 Å². The van der Waals surface area contributed by atoms with Gasteiger partial charge in [0.1, 0.15) is 0 Å². The summed E-state index contributed by atoms with van der Waals surface area (Å²) < 4.78 is 0. The SMILES string of the molecule is CC12CC3(C)CC(C)(C1)CC(C(=O)NC14CC5CC(CC(C5)C1)C4)(C2)C3. The molecule has 0 spiro atoms. The Morgan fingerprint density at radius 2 is 1.08 bits per heavy atom. The van der Waals surface area contributed by atoms with E-state index in [1.54, 1.807) is 0 Å². The molecule has 0 heterocycles. The Kier molecular flexibility index (Phi) is 2.87. The third kappa shape index (κ3) is 2.20. The first-order chi connectivity index (χ1) is 12.1. The second-order valence-electron chi connectivity index (χ2n) is 13.4. The summed E-state index contributed by atoms with van der Waals surface area (Å²) in [6.07, 6.45) is 15.7. The van der Waals surface area contributed by atoms with Crippen LogP contribution in [-0.2, 0) is 4.79 Å². The van der Waals surface area contributed by atoms with Gasteiger partial charge in [0.05, 0.1) is 5.41 Å². The summed E-state index contributed by atoms with van der Waals surface area (Å²) in [5.41, 5.74) is 1.32. The number of nitrogens with one attached hydrogen (secondary N) is 1. The molecule has 0 aromatic carbocycles. The average Bonchev–Trinajstić information content (AvgIpc) is 2.39. The first-order valence-corrected chi connectivity index (χ1v) is 11.4. The molecule has 8 saturated carbocycles. The minimum absolute atomic E-state index is 0.0592. The minimum atomic E-state index is -0.0592. The van der Waals surface area contributed by atoms with Crippen LogP contribution in [-0.4, -0.2) is 11.4 Å². The predicted molar refractivity (Wildman–Crippen MR) is 104 cm³/mol. The summed E-state index contributed by atoms with van der Waals surface area (Å²) in [5.74, 6) is 3.20. The molecular formula is C24H37NO. The van der Waals surface area contributed by atoms with Crippen LogP contribution in [0.2, 0.25) is 0 Å². The molecule has 8 aliphatic carbocycles. The zero-order valence-electron chi connectivity index (χ0n) is 17.1. The van der Waals surface area contributed by atoms with Crippen molar-refractivity contribution < 1.29 is 4.79 Å². The van der Waals surface area contributed by atoms with Crippen LogP contribution in [0.25, 0.3) is 0 Å². The van der Waals surface area contributed by atoms with Crippen molar-refractivity contribution in [2.75, 3.05) is 0 Å². The van der Waals surface area contributed by atoms with Crippen molar-refractivity contribution in [2.45, 2.75) is 103 Å². The van der Waals surface area contributed by atoms with Crippen molar-refractivity contribution in [3.8, 4) is 0 Å². The fourth-order valence-electron chi connectivity index (χ4n) is 11.2. The van der Waals surface area contributed by atoms with E-state index < -0.39 is 0 Å². The number of rotatable bonds is 2. The van der Waals surface area contributed by atoms with E-state index in [0.717, 1.165) is 37.0 Å². The number of hydrogen-bond donors (Lipinski definition) is 1. The maximum atomic E-state index is 13.9. The van der Waals surface area contributed by atoms with Gasteiger partial charge < -0.3 is 5.32 Å². The molecule has 0 atom stereocenters. The number of carbonyl (C=O) groups excluding carboxylic acids is 1. The normalized spacial score (nSPS) is 61.9. The van der Waals surface area contributed by atoms with E-state index in [-0.39, 0.29) is 11.0 Å². The highest BCUT2D eigenvalue weighted by Crippen LogP contribution is 2.73. The first-order valence-electron chi connectivity index (χ1n) is 11.4. The second-order valence-corrected chi connectivity index (χ2v) is 13.4. The Hall–Kier alpha value is -0.530. The average molecular weight is 356 g/mol. The lowest BCUT2D eigenvalue weighted by atomic mass is 9.36. The van der Waals surface area contributed by atoms with Crippen LogP contribution in [0.5, 0.6) is 0 Å². The van der Waals surface area contributed by atoms with Crippen LogP contribution < -0.4 is 5.32 Å². The van der Waals surface area contributed by atoms with Crippen molar-refractivity contribution in [3.05, 3.63) is 0 Å². The summed E-state index contributed by atoms with van der Waals surface area (Å²) in [7, 11) is 0. The Bertz CT molecular complexity index is 589. The molecule has 0 saturated heterocycles. The maximum Gasteiger partial charge on any atom is 0.226 e. The Balaban J connectivity index is 1.31. The molecule has 8 fully saturated rings. The van der Waals surface area contributed by atoms with E-state index in [0.29, 0.717) is 22.2 Å². The lowest BCUT2D eigenvalue weighted by Gasteiger charge is -2.69. The van der Waals surface area contributed by atoms with Gasteiger partial charge in [0.2, 0.25) is 5.91 Å². The van der Waals surface area contributed by atoms with Crippen LogP contribution in [0, 0.1) is 39.4 Å². The summed E-state index contributed by atoms with van der Waals surface area (Å²) in [6, 6.07) is 0. The molecule has 2 nitrogen and oxygen atoms in total. The zero-order chi connectivity index (χ0) is 18.0. The van der Waals surface area contributed by atoms with Crippen molar-refractivity contribution in [2.24, 2.45) is 39.4 Å². The number of carbonyl (C=O) groups is 1. The van der Waals surface area contributed by atoms with Gasteiger partial charge in [-0.1, -0.05) is 20.8 Å². The van der Waals surface area contributed by atoms with E-state index in [9.17, 15) is 4.79 Å². The van der Waals surface area contributed by atoms with E-state index in [1.807, 2.05) is 0 Å². The van der Waals surface area contributed by atoms with Crippen molar-refractivity contribution >= 4 is 5.91 Å². The molecule has 26 heavy (non-hydrogen) atoms. The van der Waals surface area contributed by atoms with Gasteiger partial charge in [0.15, 0.2) is 0 Å². The molecule has 0 radical (unpaired) electrons. The summed E-state index contributed by atoms with van der Waals surface area (Å²) in [5, 5.41) is 3.79. The first kappa shape index (κ1) is 16.4. The molecule has 144 valence electrons. The number of hydrogen-bond acceptors (Lipinski definition) is 1. The molecule has 8 rings (SSSR count). The monoisotopic (exact) mass is 355 g/mol. The highest BCUT2D eigenvalue weighted by Gasteiger charge is 2.67. The van der Waals surface area contributed by atoms with Crippen LogP contribution in [0.15, 0.2) is 0 Å². The molecule has 0 aromatic rings. The summed E-state index contributed by atoms with van der Waals surface area (Å²) in [4.78, 5) is 13.9. The summed E-state index contributed by atoms with van der Waals surface area (Å²) in [6.45, 7) is 7.48. The molecule has 8 aliphatic rings. The third-order valence-corrected chi connectivity index (χ3v) is 9.75. The molecule has 0 aromatic heterocycles. The van der Waals surface area contributed by atoms with Gasteiger partial charge in [-0.05, 0) is 111 Å². The lowest BCUT2D eigenvalue weighted by molar-refractivity contribution is -0.194. The Labute approximate surface area is 159 Å². The highest BCUT2D eigenvalue weighted by atomic mass is 16.2. The fourth-order valence-corrected chi connectivity index (χ4v) is 11.2. The minimum Gasteiger partial charge on any atom is -0.350 e. The quantitative estimate of drug-likeness (QED) is 0.700. The third-order valence-electron chi connectivity index (χ3n) is 9.75. The molecule has 2 heteroatoms. The van der Waals surface area contributed by atoms with Crippen molar-refractivity contribution in [1.82, 2.24) is 5.32 Å². The molecule has 1 N–H and O–H groups in total. The van der Waals surface area contributed by atoms with Gasteiger partial charge in [-0.2, -0.15) is 0 Å². The van der Waals surface area contributed by atoms with Crippen LogP contribution in [0.4, 0.5) is 0 Å². The Morgan fingerprint density at radius 3 is 1.46 bits per heavy atom. The van der Waals surface area contributed by atoms with Gasteiger partial charge >= 0.3 is 0 Å². The molecular weight excluding hydrogens is 318 g/mol. The van der Waals surface area contributed by atoms with E-state index in [4.69, 9.17) is 0 Å². The van der Waals surface area contributed by atoms with E-state index in [1.165, 1.54) is 57.8 Å². The van der Waals surface area contributed by atoms with E-state index >= 15 is 0 Å². The van der Waals surface area contributed by atoms with Crippen molar-refractivity contribution in [1.29, 1.82) is 0 Å². The zero-order valence-corrected chi connectivity index (χ0v) is 17.1. The maximum absolute atomic E-state index is 13.9. The molecule has 0 aliphatic heterocycles. The summed E-state index contributed by atoms with van der Waals surface area (Å²) >= 11 is 0. The molecule has 1 amide bonds. The molecule has 0 unspecified atom stereocenters. The van der Waals surface area contributed by atoms with Crippen molar-refractivity contribution in [3.63, 3.8) is 0 Å². The largest absolute Gasteiger partial charge is 0.350 e. The van der Waals surface area contributed by atoms with E-state index in [2.05, 4.69) is 26.1 Å². The lowest BCUT2D eigenvalue weighted by Crippen LogP contribution is -2.67. The highest BCUT2D eigenvalue weighted by molar-refractivity contribution is 5.84. The van der Waals surface area contributed by atoms with Gasteiger partial charge in [-0.3, -0.25) is 4.79 Å². The standard InChI is InChI=1S/C24H37NO/c1-20-10-21(2)12-22(3,11-20)15-23(13-20,14-21)19(26)25-24-7-16-4-17(8-24)6-18(5-16)9-24/h16-18H,4-15H2,1-3H3,(H,25,26). The Morgan fingerprint density at radius 1 is 0.692 bits per heavy atom. The van der Waals surface area contributed by atoms with Gasteiger partial charge in [-0.25, -0.2) is 0 Å². The van der Waals surface area contributed by atoms with Crippen LogP contribution in [0.3, 0.4) is 0 Å². The number of amides is 1.